The van der Waals surface area contributed by atoms with Gasteiger partial charge in [-0.05, 0) is 25.7 Å². The average molecular weight is 204 g/mol. The topological polar surface area (TPSA) is 18.5 Å². The number of hydrogen-bond acceptors (Lipinski definition) is 2. The van der Waals surface area contributed by atoms with Crippen LogP contribution in [-0.2, 0) is 8.54 Å². The highest BCUT2D eigenvalue weighted by Gasteiger charge is 2.22. The molecule has 0 saturated carbocycles. The van der Waals surface area contributed by atoms with Gasteiger partial charge >= 0.3 is 9.28 Å². The highest BCUT2D eigenvalue weighted by Crippen LogP contribution is 2.10. The first kappa shape index (κ1) is 11.9. The van der Waals surface area contributed by atoms with Gasteiger partial charge in [-0.1, -0.05) is 19.9 Å². The van der Waals surface area contributed by atoms with E-state index in [1.54, 1.807) is 0 Å². The van der Waals surface area contributed by atoms with Crippen LogP contribution >= 0.6 is 0 Å². The Labute approximate surface area is 78.6 Å². The third-order valence-electron chi connectivity index (χ3n) is 1.26. The summed E-state index contributed by atoms with van der Waals surface area (Å²) in [6.07, 6.45) is 2.65. The summed E-state index contributed by atoms with van der Waals surface area (Å²) in [5.41, 5.74) is 0. The second kappa shape index (κ2) is 5.56. The molecule has 0 N–H and O–H groups in total. The first-order valence-corrected chi connectivity index (χ1v) is 9.60. The lowest BCUT2D eigenvalue weighted by Crippen LogP contribution is -2.35. The van der Waals surface area contributed by atoms with E-state index >= 15 is 0 Å². The fourth-order valence-electron chi connectivity index (χ4n) is 0.892. The lowest BCUT2D eigenvalue weighted by atomic mass is 10.6. The molecule has 0 spiro atoms. The van der Waals surface area contributed by atoms with E-state index in [9.17, 15) is 0 Å². The summed E-state index contributed by atoms with van der Waals surface area (Å²) in [5.74, 6) is 0. The van der Waals surface area contributed by atoms with Gasteiger partial charge in [0.25, 0.3) is 0 Å². The summed E-state index contributed by atoms with van der Waals surface area (Å²) < 4.78 is 11.3. The van der Waals surface area contributed by atoms with Crippen molar-refractivity contribution in [3.05, 3.63) is 12.8 Å². The van der Waals surface area contributed by atoms with Crippen LogP contribution in [-0.4, -0.2) is 17.6 Å². The molecule has 0 radical (unpaired) electrons. The Morgan fingerprint density at radius 2 is 2.00 bits per heavy atom. The van der Waals surface area contributed by atoms with Gasteiger partial charge in [0.15, 0.2) is 8.32 Å². The zero-order chi connectivity index (χ0) is 9.61. The number of hydrogen-bond donors (Lipinski definition) is 0. The van der Waals surface area contributed by atoms with Crippen molar-refractivity contribution in [3.8, 4) is 0 Å². The molecule has 1 atom stereocenters. The lowest BCUT2D eigenvalue weighted by Gasteiger charge is -2.23. The molecule has 0 aliphatic heterocycles. The largest absolute Gasteiger partial charge is 0.530 e. The molecule has 0 aromatic heterocycles. The van der Waals surface area contributed by atoms with Crippen LogP contribution in [0.1, 0.15) is 13.3 Å². The van der Waals surface area contributed by atoms with Gasteiger partial charge in [-0.3, -0.25) is 0 Å². The minimum Gasteiger partial charge on any atom is -0.530 e. The first-order chi connectivity index (χ1) is 5.49. The molecule has 0 saturated heterocycles. The van der Waals surface area contributed by atoms with Crippen LogP contribution in [0.15, 0.2) is 12.8 Å². The second-order valence-corrected chi connectivity index (χ2v) is 10.6. The molecule has 2 nitrogen and oxygen atoms in total. The van der Waals surface area contributed by atoms with Gasteiger partial charge in [0.2, 0.25) is 0 Å². The van der Waals surface area contributed by atoms with Crippen LogP contribution in [0.4, 0.5) is 0 Å². The molecule has 0 bridgehead atoms. The molecule has 0 amide bonds. The highest BCUT2D eigenvalue weighted by molar-refractivity contribution is 6.76. The Balaban J connectivity index is 3.85. The predicted octanol–water partition coefficient (Wildman–Crippen LogP) is 2.63. The van der Waals surface area contributed by atoms with Crippen molar-refractivity contribution in [2.24, 2.45) is 0 Å². The van der Waals surface area contributed by atoms with E-state index in [1.807, 2.05) is 0 Å². The van der Waals surface area contributed by atoms with E-state index in [2.05, 4.69) is 33.1 Å². The van der Waals surface area contributed by atoms with E-state index < -0.39 is 17.6 Å². The normalized spacial score (nSPS) is 14.0. The van der Waals surface area contributed by atoms with Gasteiger partial charge in [0, 0.05) is 0 Å². The highest BCUT2D eigenvalue weighted by atomic mass is 28.4. The van der Waals surface area contributed by atoms with Crippen molar-refractivity contribution in [1.29, 1.82) is 0 Å². The third kappa shape index (κ3) is 6.63. The molecule has 1 unspecified atom stereocenters. The van der Waals surface area contributed by atoms with Crippen molar-refractivity contribution in [2.45, 2.75) is 39.0 Å². The van der Waals surface area contributed by atoms with E-state index in [1.165, 1.54) is 6.26 Å². The molecule has 0 rings (SSSR count). The van der Waals surface area contributed by atoms with Crippen molar-refractivity contribution < 1.29 is 8.54 Å². The predicted molar refractivity (Wildman–Crippen MR) is 58.0 cm³/mol. The molecule has 0 aromatic rings. The Bertz CT molecular complexity index is 132. The van der Waals surface area contributed by atoms with Crippen molar-refractivity contribution >= 4 is 17.6 Å². The van der Waals surface area contributed by atoms with E-state index in [-0.39, 0.29) is 0 Å². The summed E-state index contributed by atoms with van der Waals surface area (Å²) in [6.45, 7) is 12.3. The SMILES string of the molecule is C=CO[SiH](CCC)O[Si](C)(C)C. The Hall–Kier alpha value is -0.0662. The molecule has 0 fully saturated rings. The van der Waals surface area contributed by atoms with Gasteiger partial charge in [-0.2, -0.15) is 0 Å². The maximum absolute atomic E-state index is 5.90. The Morgan fingerprint density at radius 3 is 2.33 bits per heavy atom. The van der Waals surface area contributed by atoms with Crippen molar-refractivity contribution in [3.63, 3.8) is 0 Å². The third-order valence-corrected chi connectivity index (χ3v) is 6.68. The minimum atomic E-state index is -1.42. The van der Waals surface area contributed by atoms with Crippen LogP contribution in [0.2, 0.25) is 25.7 Å². The van der Waals surface area contributed by atoms with Gasteiger partial charge in [-0.15, -0.1) is 0 Å². The van der Waals surface area contributed by atoms with Crippen LogP contribution in [0.3, 0.4) is 0 Å². The molecule has 12 heavy (non-hydrogen) atoms. The van der Waals surface area contributed by atoms with Gasteiger partial charge in [0.05, 0.1) is 6.26 Å². The van der Waals surface area contributed by atoms with Gasteiger partial charge < -0.3 is 8.54 Å². The molecule has 4 heteroatoms. The second-order valence-electron chi connectivity index (χ2n) is 3.75. The fraction of sp³-hybridized carbons (Fsp3) is 0.750. The monoisotopic (exact) mass is 204 g/mol. The smallest absolute Gasteiger partial charge is 0.371 e. The molecule has 0 aliphatic rings. The summed E-state index contributed by atoms with van der Waals surface area (Å²) in [6, 6.07) is 1.08. The van der Waals surface area contributed by atoms with Crippen LogP contribution in [0.5, 0.6) is 0 Å². The molecular weight excluding hydrogens is 184 g/mol. The Kier molecular flexibility index (Phi) is 5.53. The standard InChI is InChI=1S/C8H20O2Si2/c1-6-8-11(9-7-2)10-12(3,4)5/h7,11H,2,6,8H2,1,3-5H3. The quantitative estimate of drug-likeness (QED) is 0.489. The molecule has 72 valence electrons. The molecule has 0 aromatic carbocycles. The van der Waals surface area contributed by atoms with E-state index in [4.69, 9.17) is 8.54 Å². The van der Waals surface area contributed by atoms with Gasteiger partial charge in [0.1, 0.15) is 0 Å². The Morgan fingerprint density at radius 1 is 1.42 bits per heavy atom. The van der Waals surface area contributed by atoms with Crippen LogP contribution in [0.25, 0.3) is 0 Å². The number of rotatable bonds is 6. The maximum Gasteiger partial charge on any atom is 0.371 e. The van der Waals surface area contributed by atoms with Gasteiger partial charge in [-0.25, -0.2) is 0 Å². The minimum absolute atomic E-state index is 1.08. The fourth-order valence-corrected chi connectivity index (χ4v) is 5.56. The maximum atomic E-state index is 5.90. The van der Waals surface area contributed by atoms with Crippen LogP contribution in [0, 0.1) is 0 Å². The van der Waals surface area contributed by atoms with E-state index in [0.717, 1.165) is 12.5 Å². The van der Waals surface area contributed by atoms with Crippen molar-refractivity contribution in [1.82, 2.24) is 0 Å². The average Bonchev–Trinajstić information content (AvgIpc) is 1.84. The molecular formula is C8H20O2Si2. The summed E-state index contributed by atoms with van der Waals surface area (Å²) in [5, 5.41) is 0. The van der Waals surface area contributed by atoms with Crippen molar-refractivity contribution in [2.75, 3.05) is 0 Å². The zero-order valence-corrected chi connectivity index (χ0v) is 10.7. The van der Waals surface area contributed by atoms with Crippen LogP contribution < -0.4 is 0 Å². The zero-order valence-electron chi connectivity index (χ0n) is 8.59. The summed E-state index contributed by atoms with van der Waals surface area (Å²) in [7, 11) is -2.82. The first-order valence-electron chi connectivity index (χ1n) is 4.43. The summed E-state index contributed by atoms with van der Waals surface area (Å²) in [4.78, 5) is 0. The molecule has 0 heterocycles. The van der Waals surface area contributed by atoms with E-state index in [0.29, 0.717) is 0 Å². The molecule has 0 aliphatic carbocycles. The lowest BCUT2D eigenvalue weighted by molar-refractivity contribution is 0.374. The summed E-state index contributed by atoms with van der Waals surface area (Å²) >= 11 is 0.